The van der Waals surface area contributed by atoms with E-state index >= 15 is 0 Å². The first-order chi connectivity index (χ1) is 15.8. The second kappa shape index (κ2) is 11.7. The van der Waals surface area contributed by atoms with Gasteiger partial charge in [-0.25, -0.2) is 0 Å². The second-order valence-corrected chi connectivity index (χ2v) is 9.06. The zero-order chi connectivity index (χ0) is 23.8. The van der Waals surface area contributed by atoms with Gasteiger partial charge in [0.15, 0.2) is 0 Å². The first kappa shape index (κ1) is 24.5. The minimum atomic E-state index is -0.638. The van der Waals surface area contributed by atoms with E-state index in [1.165, 1.54) is 0 Å². The summed E-state index contributed by atoms with van der Waals surface area (Å²) in [6.45, 7) is 6.23. The van der Waals surface area contributed by atoms with E-state index in [9.17, 15) is 9.59 Å². The van der Waals surface area contributed by atoms with Crippen molar-refractivity contribution in [3.63, 3.8) is 0 Å². The third kappa shape index (κ3) is 7.19. The number of amides is 2. The van der Waals surface area contributed by atoms with E-state index in [4.69, 9.17) is 11.6 Å². The maximum Gasteiger partial charge on any atom is 0.243 e. The van der Waals surface area contributed by atoms with Gasteiger partial charge < -0.3 is 10.2 Å². The first-order valence-electron chi connectivity index (χ1n) is 11.3. The lowest BCUT2D eigenvalue weighted by Crippen LogP contribution is -2.52. The van der Waals surface area contributed by atoms with E-state index in [-0.39, 0.29) is 24.3 Å². The Morgan fingerprint density at radius 3 is 2.24 bits per heavy atom. The van der Waals surface area contributed by atoms with Gasteiger partial charge in [-0.15, -0.1) is 0 Å². The van der Waals surface area contributed by atoms with E-state index in [1.807, 2.05) is 87.5 Å². The molecule has 3 rings (SSSR count). The van der Waals surface area contributed by atoms with E-state index < -0.39 is 6.04 Å². The van der Waals surface area contributed by atoms with Gasteiger partial charge in [0.25, 0.3) is 0 Å². The molecule has 33 heavy (non-hydrogen) atoms. The lowest BCUT2D eigenvalue weighted by molar-refractivity contribution is -0.141. The fourth-order valence-corrected chi connectivity index (χ4v) is 4.04. The largest absolute Gasteiger partial charge is 0.352 e. The van der Waals surface area contributed by atoms with Gasteiger partial charge in [-0.05, 0) is 55.2 Å². The van der Waals surface area contributed by atoms with Crippen LogP contribution in [0.15, 0.2) is 78.9 Å². The predicted octanol–water partition coefficient (Wildman–Crippen LogP) is 5.36. The van der Waals surface area contributed by atoms with Gasteiger partial charge in [0.2, 0.25) is 11.8 Å². The van der Waals surface area contributed by atoms with E-state index in [0.717, 1.165) is 22.3 Å². The van der Waals surface area contributed by atoms with Crippen LogP contribution in [0.4, 0.5) is 0 Å². The molecule has 5 heteroatoms. The molecule has 3 aromatic carbocycles. The van der Waals surface area contributed by atoms with Crippen molar-refractivity contribution < 1.29 is 9.59 Å². The summed E-state index contributed by atoms with van der Waals surface area (Å²) in [6.07, 6.45) is 0.610. The fourth-order valence-electron chi connectivity index (χ4n) is 3.83. The highest BCUT2D eigenvalue weighted by Gasteiger charge is 2.31. The van der Waals surface area contributed by atoms with Crippen LogP contribution in [0.2, 0.25) is 5.02 Å². The molecule has 0 fully saturated rings. The molecular weight excluding hydrogens is 432 g/mol. The quantitative estimate of drug-likeness (QED) is 0.465. The summed E-state index contributed by atoms with van der Waals surface area (Å²) in [6, 6.07) is 24.4. The Morgan fingerprint density at radius 2 is 1.58 bits per heavy atom. The van der Waals surface area contributed by atoms with E-state index in [1.54, 1.807) is 17.0 Å². The van der Waals surface area contributed by atoms with Crippen LogP contribution in [-0.4, -0.2) is 28.8 Å². The molecule has 0 heterocycles. The maximum absolute atomic E-state index is 13.7. The molecule has 4 nitrogen and oxygen atoms in total. The summed E-state index contributed by atoms with van der Waals surface area (Å²) in [4.78, 5) is 28.7. The highest BCUT2D eigenvalue weighted by Crippen LogP contribution is 2.19. The Balaban J connectivity index is 1.98. The maximum atomic E-state index is 13.7. The van der Waals surface area contributed by atoms with Crippen LogP contribution in [0.3, 0.4) is 0 Å². The zero-order valence-electron chi connectivity index (χ0n) is 19.4. The lowest BCUT2D eigenvalue weighted by Gasteiger charge is -2.32. The van der Waals surface area contributed by atoms with Crippen molar-refractivity contribution >= 4 is 23.4 Å². The van der Waals surface area contributed by atoms with Crippen LogP contribution in [0.1, 0.15) is 36.1 Å². The normalized spacial score (nSPS) is 11.8. The summed E-state index contributed by atoms with van der Waals surface area (Å²) < 4.78 is 0. The van der Waals surface area contributed by atoms with Gasteiger partial charge >= 0.3 is 0 Å². The van der Waals surface area contributed by atoms with Crippen molar-refractivity contribution in [2.75, 3.05) is 0 Å². The van der Waals surface area contributed by atoms with Crippen molar-refractivity contribution in [3.05, 3.63) is 106 Å². The van der Waals surface area contributed by atoms with Crippen molar-refractivity contribution in [1.29, 1.82) is 0 Å². The van der Waals surface area contributed by atoms with Gasteiger partial charge in [0.05, 0.1) is 6.42 Å². The molecule has 2 amide bonds. The summed E-state index contributed by atoms with van der Waals surface area (Å²) in [7, 11) is 0. The molecule has 1 atom stereocenters. The minimum Gasteiger partial charge on any atom is -0.352 e. The number of hydrogen-bond acceptors (Lipinski definition) is 2. The van der Waals surface area contributed by atoms with Crippen molar-refractivity contribution in [2.24, 2.45) is 0 Å². The molecule has 0 bridgehead atoms. The summed E-state index contributed by atoms with van der Waals surface area (Å²) >= 11 is 6.15. The standard InChI is InChI=1S/C28H31ClN2O2/c1-20(2)30-28(33)26(17-22-11-5-4-6-12-22)31(19-24-14-8-7-10-21(24)3)27(32)18-23-13-9-15-25(29)16-23/h4-16,20,26H,17-19H2,1-3H3,(H,30,33)/t26-/m0/s1. The average molecular weight is 463 g/mol. The highest BCUT2D eigenvalue weighted by atomic mass is 35.5. The monoisotopic (exact) mass is 462 g/mol. The molecule has 0 unspecified atom stereocenters. The Bertz CT molecular complexity index is 1080. The number of nitrogens with one attached hydrogen (secondary N) is 1. The fraction of sp³-hybridized carbons (Fsp3) is 0.286. The number of carbonyl (C=O) groups is 2. The third-order valence-electron chi connectivity index (χ3n) is 5.55. The smallest absolute Gasteiger partial charge is 0.243 e. The van der Waals surface area contributed by atoms with Crippen molar-refractivity contribution in [2.45, 2.75) is 52.2 Å². The van der Waals surface area contributed by atoms with E-state index in [0.29, 0.717) is 18.0 Å². The molecular formula is C28H31ClN2O2. The van der Waals surface area contributed by atoms with Gasteiger partial charge in [0, 0.05) is 24.0 Å². The summed E-state index contributed by atoms with van der Waals surface area (Å²) in [5.41, 5.74) is 3.94. The number of nitrogens with zero attached hydrogens (tertiary/aromatic N) is 1. The first-order valence-corrected chi connectivity index (χ1v) is 11.6. The predicted molar refractivity (Wildman–Crippen MR) is 134 cm³/mol. The SMILES string of the molecule is Cc1ccccc1CN(C(=O)Cc1cccc(Cl)c1)[C@@H](Cc1ccccc1)C(=O)NC(C)C. The topological polar surface area (TPSA) is 49.4 Å². The van der Waals surface area contributed by atoms with Gasteiger partial charge in [-0.2, -0.15) is 0 Å². The number of carbonyl (C=O) groups excluding carboxylic acids is 2. The molecule has 0 spiro atoms. The Morgan fingerprint density at radius 1 is 0.909 bits per heavy atom. The van der Waals surface area contributed by atoms with Gasteiger partial charge in [-0.1, -0.05) is 78.3 Å². The molecule has 1 N–H and O–H groups in total. The van der Waals surface area contributed by atoms with Crippen LogP contribution < -0.4 is 5.32 Å². The van der Waals surface area contributed by atoms with Crippen LogP contribution >= 0.6 is 11.6 Å². The highest BCUT2D eigenvalue weighted by molar-refractivity contribution is 6.30. The Kier molecular flexibility index (Phi) is 8.67. The molecule has 0 saturated carbocycles. The van der Waals surface area contributed by atoms with Gasteiger partial charge in [0.1, 0.15) is 6.04 Å². The molecule has 0 aliphatic rings. The Hall–Kier alpha value is -3.11. The molecule has 0 aromatic heterocycles. The van der Waals surface area contributed by atoms with Crippen LogP contribution in [0, 0.1) is 6.92 Å². The van der Waals surface area contributed by atoms with Crippen molar-refractivity contribution in [3.8, 4) is 0 Å². The summed E-state index contributed by atoms with van der Waals surface area (Å²) in [5, 5.41) is 3.61. The lowest BCUT2D eigenvalue weighted by atomic mass is 10.00. The number of aryl methyl sites for hydroxylation is 1. The van der Waals surface area contributed by atoms with Crippen molar-refractivity contribution in [1.82, 2.24) is 10.2 Å². The molecule has 0 radical (unpaired) electrons. The number of halogens is 1. The molecule has 0 aliphatic heterocycles. The summed E-state index contributed by atoms with van der Waals surface area (Å²) in [5.74, 6) is -0.262. The van der Waals surface area contributed by atoms with Crippen LogP contribution in [-0.2, 0) is 29.0 Å². The zero-order valence-corrected chi connectivity index (χ0v) is 20.2. The van der Waals surface area contributed by atoms with Gasteiger partial charge in [-0.3, -0.25) is 9.59 Å². The number of hydrogen-bond donors (Lipinski definition) is 1. The van der Waals surface area contributed by atoms with Crippen LogP contribution in [0.5, 0.6) is 0 Å². The average Bonchev–Trinajstić information content (AvgIpc) is 2.77. The molecule has 0 aliphatic carbocycles. The number of benzene rings is 3. The van der Waals surface area contributed by atoms with Crippen LogP contribution in [0.25, 0.3) is 0 Å². The number of rotatable bonds is 9. The third-order valence-corrected chi connectivity index (χ3v) is 5.78. The molecule has 0 saturated heterocycles. The minimum absolute atomic E-state index is 0.0286. The Labute approximate surface area is 201 Å². The molecule has 172 valence electrons. The van der Waals surface area contributed by atoms with E-state index in [2.05, 4.69) is 5.32 Å². The molecule has 3 aromatic rings. The second-order valence-electron chi connectivity index (χ2n) is 8.62.